The Morgan fingerprint density at radius 1 is 1.27 bits per heavy atom. The lowest BCUT2D eigenvalue weighted by Gasteiger charge is -2.21. The molecule has 1 atom stereocenters. The number of hydrogen-bond acceptors (Lipinski definition) is 6. The highest BCUT2D eigenvalue weighted by molar-refractivity contribution is 6.20. The number of ether oxygens (including phenoxy) is 1. The summed E-state index contributed by atoms with van der Waals surface area (Å²) in [5, 5.41) is 12.6. The van der Waals surface area contributed by atoms with Crippen LogP contribution < -0.4 is 20.5 Å². The molecule has 4 rings (SSSR count). The van der Waals surface area contributed by atoms with Crippen molar-refractivity contribution in [3.8, 4) is 16.9 Å². The van der Waals surface area contributed by atoms with Gasteiger partial charge in [0.1, 0.15) is 11.6 Å². The van der Waals surface area contributed by atoms with Gasteiger partial charge in [-0.3, -0.25) is 9.59 Å². The number of carbonyl (C=O) groups is 1. The molecule has 1 aromatic carbocycles. The molecule has 3 aromatic rings. The van der Waals surface area contributed by atoms with E-state index in [0.717, 1.165) is 0 Å². The number of anilines is 2. The first-order chi connectivity index (χ1) is 15.7. The zero-order valence-electron chi connectivity index (χ0n) is 17.1. The van der Waals surface area contributed by atoms with Gasteiger partial charge in [-0.25, -0.2) is 4.98 Å². The summed E-state index contributed by atoms with van der Waals surface area (Å²) in [5.74, 6) is -0.0986. The van der Waals surface area contributed by atoms with Crippen molar-refractivity contribution in [2.24, 2.45) is 0 Å². The molecule has 3 N–H and O–H groups in total. The molecule has 0 unspecified atom stereocenters. The highest BCUT2D eigenvalue weighted by Crippen LogP contribution is 2.32. The first kappa shape index (κ1) is 22.7. The standard InChI is InChI=1S/C22H19ClF2N4O4/c23-22(24,25)33-17-3-1-15(2-4-17)28-21(32)14-9-18(13-5-7-26-19(31)10-13)20(27-11-14)29-8-6-16(30)12-29/h1-5,7,9-11,16,30H,6,8,12H2,(H,26,31)(H,28,32)/t16-/m1/s1. The van der Waals surface area contributed by atoms with Gasteiger partial charge in [0.2, 0.25) is 5.56 Å². The summed E-state index contributed by atoms with van der Waals surface area (Å²) < 4.78 is 29.7. The van der Waals surface area contributed by atoms with Crippen molar-refractivity contribution in [1.29, 1.82) is 0 Å². The van der Waals surface area contributed by atoms with E-state index >= 15 is 0 Å². The highest BCUT2D eigenvalue weighted by atomic mass is 35.5. The number of aliphatic hydroxyl groups excluding tert-OH is 1. The molecular formula is C22H19ClF2N4O4. The number of benzene rings is 1. The van der Waals surface area contributed by atoms with Gasteiger partial charge in [0.25, 0.3) is 5.91 Å². The Bertz CT molecular complexity index is 1210. The average Bonchev–Trinajstić information content (AvgIpc) is 3.20. The SMILES string of the molecule is O=C(Nc1ccc(OC(F)(F)Cl)cc1)c1cnc(N2CC[C@@H](O)C2)c(-c2cc[nH]c(=O)c2)c1. The minimum atomic E-state index is -3.83. The molecule has 2 aromatic heterocycles. The molecule has 33 heavy (non-hydrogen) atoms. The van der Waals surface area contributed by atoms with Gasteiger partial charge in [-0.2, -0.15) is 0 Å². The molecule has 1 aliphatic heterocycles. The molecule has 0 spiro atoms. The van der Waals surface area contributed by atoms with Crippen LogP contribution in [0.2, 0.25) is 0 Å². The molecule has 1 fully saturated rings. The van der Waals surface area contributed by atoms with E-state index in [1.807, 2.05) is 4.90 Å². The van der Waals surface area contributed by atoms with Crippen LogP contribution in [0.15, 0.2) is 59.7 Å². The summed E-state index contributed by atoms with van der Waals surface area (Å²) in [6, 6.07) is 9.98. The van der Waals surface area contributed by atoms with Gasteiger partial charge in [-0.1, -0.05) is 0 Å². The van der Waals surface area contributed by atoms with E-state index in [1.54, 1.807) is 12.1 Å². The maximum atomic E-state index is 12.8. The summed E-state index contributed by atoms with van der Waals surface area (Å²) in [4.78, 5) is 33.6. The number of alkyl halides is 3. The molecule has 0 aliphatic carbocycles. The molecule has 1 aliphatic rings. The maximum Gasteiger partial charge on any atom is 0.487 e. The van der Waals surface area contributed by atoms with Crippen molar-refractivity contribution in [3.63, 3.8) is 0 Å². The number of rotatable bonds is 6. The molecule has 1 saturated heterocycles. The largest absolute Gasteiger partial charge is 0.487 e. The number of amides is 1. The predicted molar refractivity (Wildman–Crippen MR) is 119 cm³/mol. The number of halogens is 3. The molecule has 0 bridgehead atoms. The molecule has 8 nitrogen and oxygen atoms in total. The monoisotopic (exact) mass is 476 g/mol. The number of β-amino-alcohol motifs (C(OH)–C–C–N with tert-alkyl or cyclic N) is 1. The van der Waals surface area contributed by atoms with E-state index < -0.39 is 17.6 Å². The number of carbonyl (C=O) groups excluding carboxylic acids is 1. The van der Waals surface area contributed by atoms with E-state index in [0.29, 0.717) is 42.1 Å². The van der Waals surface area contributed by atoms with Crippen molar-refractivity contribution in [3.05, 3.63) is 70.8 Å². The fourth-order valence-electron chi connectivity index (χ4n) is 3.54. The Labute approximate surface area is 191 Å². The van der Waals surface area contributed by atoms with Crippen LogP contribution >= 0.6 is 11.6 Å². The maximum absolute atomic E-state index is 12.8. The Morgan fingerprint density at radius 3 is 2.67 bits per heavy atom. The zero-order valence-corrected chi connectivity index (χ0v) is 17.9. The molecule has 3 heterocycles. The van der Waals surface area contributed by atoms with Gasteiger partial charge in [-0.05, 0) is 48.4 Å². The second-order valence-corrected chi connectivity index (χ2v) is 7.89. The van der Waals surface area contributed by atoms with Crippen LogP contribution in [0.3, 0.4) is 0 Å². The number of aliphatic hydroxyl groups is 1. The van der Waals surface area contributed by atoms with Crippen molar-refractivity contribution in [2.75, 3.05) is 23.3 Å². The van der Waals surface area contributed by atoms with Gasteiger partial charge in [-0.15, -0.1) is 8.78 Å². The summed E-state index contributed by atoms with van der Waals surface area (Å²) in [7, 11) is 0. The van der Waals surface area contributed by atoms with E-state index in [9.17, 15) is 23.5 Å². The first-order valence-corrected chi connectivity index (χ1v) is 10.3. The Balaban J connectivity index is 1.60. The lowest BCUT2D eigenvalue weighted by Crippen LogP contribution is -2.23. The summed E-state index contributed by atoms with van der Waals surface area (Å²) in [5.41, 5.74) is -2.44. The van der Waals surface area contributed by atoms with Gasteiger partial charge in [0, 0.05) is 54.4 Å². The fraction of sp³-hybridized carbons (Fsp3) is 0.227. The Kier molecular flexibility index (Phi) is 6.30. The summed E-state index contributed by atoms with van der Waals surface area (Å²) in [6.07, 6.45) is 3.01. The fourth-order valence-corrected chi connectivity index (χ4v) is 3.62. The second-order valence-electron chi connectivity index (χ2n) is 7.45. The third kappa shape index (κ3) is 5.65. The first-order valence-electron chi connectivity index (χ1n) is 9.97. The summed E-state index contributed by atoms with van der Waals surface area (Å²) in [6.45, 7) is 0.982. The molecule has 172 valence electrons. The number of H-pyrrole nitrogens is 1. The van der Waals surface area contributed by atoms with E-state index in [4.69, 9.17) is 11.6 Å². The predicted octanol–water partition coefficient (Wildman–Crippen LogP) is 3.43. The van der Waals surface area contributed by atoms with Crippen LogP contribution in [0.25, 0.3) is 11.1 Å². The number of aromatic amines is 1. The lowest BCUT2D eigenvalue weighted by molar-refractivity contribution is -0.0964. The van der Waals surface area contributed by atoms with Gasteiger partial charge < -0.3 is 25.0 Å². The van der Waals surface area contributed by atoms with Gasteiger partial charge in [0.15, 0.2) is 0 Å². The number of nitrogens with zero attached hydrogens (tertiary/aromatic N) is 2. The van der Waals surface area contributed by atoms with E-state index in [-0.39, 0.29) is 16.9 Å². The van der Waals surface area contributed by atoms with Crippen molar-refractivity contribution >= 4 is 29.0 Å². The summed E-state index contributed by atoms with van der Waals surface area (Å²) >= 11 is 4.74. The molecule has 11 heteroatoms. The van der Waals surface area contributed by atoms with Gasteiger partial charge >= 0.3 is 5.57 Å². The quantitative estimate of drug-likeness (QED) is 0.470. The normalized spacial score (nSPS) is 16.0. The van der Waals surface area contributed by atoms with Crippen molar-refractivity contribution < 1.29 is 23.4 Å². The third-order valence-electron chi connectivity index (χ3n) is 5.02. The van der Waals surface area contributed by atoms with Crippen LogP contribution in [-0.4, -0.2) is 45.7 Å². The van der Waals surface area contributed by atoms with Crippen molar-refractivity contribution in [1.82, 2.24) is 9.97 Å². The highest BCUT2D eigenvalue weighted by Gasteiger charge is 2.27. The Hall–Kier alpha value is -3.50. The minimum Gasteiger partial charge on any atom is -0.420 e. The number of aromatic nitrogens is 2. The molecular weight excluding hydrogens is 458 g/mol. The zero-order chi connectivity index (χ0) is 23.6. The van der Waals surface area contributed by atoms with E-state index in [1.165, 1.54) is 42.7 Å². The van der Waals surface area contributed by atoms with Crippen LogP contribution in [0, 0.1) is 0 Å². The van der Waals surface area contributed by atoms with Gasteiger partial charge in [0.05, 0.1) is 11.7 Å². The van der Waals surface area contributed by atoms with Crippen LogP contribution in [-0.2, 0) is 0 Å². The second kappa shape index (κ2) is 9.16. The number of nitrogens with one attached hydrogen (secondary N) is 2. The molecule has 0 saturated carbocycles. The minimum absolute atomic E-state index is 0.164. The lowest BCUT2D eigenvalue weighted by atomic mass is 10.0. The number of hydrogen-bond donors (Lipinski definition) is 3. The van der Waals surface area contributed by atoms with E-state index in [2.05, 4.69) is 20.0 Å². The average molecular weight is 477 g/mol. The van der Waals surface area contributed by atoms with Crippen LogP contribution in [0.1, 0.15) is 16.8 Å². The van der Waals surface area contributed by atoms with Crippen molar-refractivity contribution in [2.45, 2.75) is 18.1 Å². The number of pyridine rings is 2. The van der Waals surface area contributed by atoms with Crippen LogP contribution in [0.4, 0.5) is 20.3 Å². The third-order valence-corrected chi connectivity index (χ3v) is 5.10. The Morgan fingerprint density at radius 2 is 2.03 bits per heavy atom. The van der Waals surface area contributed by atoms with Crippen LogP contribution in [0.5, 0.6) is 5.75 Å². The molecule has 1 amide bonds. The smallest absolute Gasteiger partial charge is 0.420 e. The molecule has 0 radical (unpaired) electrons. The topological polar surface area (TPSA) is 108 Å².